The SMILES string of the molecule is C.CN(c1cccc(S(=O)(=O)O)c1)S(=O)(=O)c1cc(Cl)c(N)cc1Cl. The van der Waals surface area contributed by atoms with E-state index in [1.165, 1.54) is 25.2 Å². The summed E-state index contributed by atoms with van der Waals surface area (Å²) in [5.74, 6) is 0. The van der Waals surface area contributed by atoms with Gasteiger partial charge in [0.25, 0.3) is 20.1 Å². The molecule has 0 unspecified atom stereocenters. The number of hydrogen-bond donors (Lipinski definition) is 2. The lowest BCUT2D eigenvalue weighted by molar-refractivity contribution is 0.483. The van der Waals surface area contributed by atoms with Gasteiger partial charge in [0.15, 0.2) is 0 Å². The molecule has 2 aromatic carbocycles. The maximum atomic E-state index is 12.7. The maximum absolute atomic E-state index is 12.7. The van der Waals surface area contributed by atoms with E-state index in [0.29, 0.717) is 0 Å². The molecule has 0 atom stereocenters. The van der Waals surface area contributed by atoms with Gasteiger partial charge in [-0.25, -0.2) is 8.42 Å². The molecule has 0 aromatic heterocycles. The predicted molar refractivity (Wildman–Crippen MR) is 99.5 cm³/mol. The number of anilines is 2. The van der Waals surface area contributed by atoms with Crippen LogP contribution in [-0.4, -0.2) is 28.4 Å². The second-order valence-corrected chi connectivity index (χ2v) is 8.92. The molecule has 0 fully saturated rings. The Morgan fingerprint density at radius 1 is 1.04 bits per heavy atom. The first-order valence-electron chi connectivity index (χ1n) is 6.25. The van der Waals surface area contributed by atoms with Crippen molar-refractivity contribution in [3.8, 4) is 0 Å². The molecule has 0 amide bonds. The molecule has 3 N–H and O–H groups in total. The molecular formula is C14H16Cl2N2O5S2. The van der Waals surface area contributed by atoms with E-state index in [2.05, 4.69) is 0 Å². The van der Waals surface area contributed by atoms with Crippen molar-refractivity contribution in [3.05, 3.63) is 46.4 Å². The number of nitrogen functional groups attached to an aromatic ring is 1. The molecule has 0 saturated heterocycles. The third-order valence-corrected chi connectivity index (χ3v) is 6.60. The monoisotopic (exact) mass is 426 g/mol. The minimum absolute atomic E-state index is 0. The van der Waals surface area contributed by atoms with Crippen LogP contribution in [0.15, 0.2) is 46.2 Å². The molecule has 0 heterocycles. The van der Waals surface area contributed by atoms with E-state index in [-0.39, 0.29) is 33.7 Å². The molecule has 0 aliphatic rings. The third kappa shape index (κ3) is 4.36. The average Bonchev–Trinajstić information content (AvgIpc) is 2.49. The van der Waals surface area contributed by atoms with Gasteiger partial charge in [-0.3, -0.25) is 8.86 Å². The largest absolute Gasteiger partial charge is 0.397 e. The maximum Gasteiger partial charge on any atom is 0.294 e. The minimum Gasteiger partial charge on any atom is -0.397 e. The van der Waals surface area contributed by atoms with Gasteiger partial charge in [-0.1, -0.05) is 36.7 Å². The fraction of sp³-hybridized carbons (Fsp3) is 0.143. The van der Waals surface area contributed by atoms with Gasteiger partial charge in [0.2, 0.25) is 0 Å². The number of rotatable bonds is 4. The Hall–Kier alpha value is -1.52. The van der Waals surface area contributed by atoms with Crippen LogP contribution >= 0.6 is 23.2 Å². The van der Waals surface area contributed by atoms with E-state index in [0.717, 1.165) is 22.5 Å². The Kier molecular flexibility index (Phi) is 6.36. The van der Waals surface area contributed by atoms with Crippen LogP contribution in [0.4, 0.5) is 11.4 Å². The fourth-order valence-electron chi connectivity index (χ4n) is 1.87. The van der Waals surface area contributed by atoms with E-state index in [1.54, 1.807) is 0 Å². The summed E-state index contributed by atoms with van der Waals surface area (Å²) in [5, 5.41) is -0.118. The number of nitrogens with two attached hydrogens (primary N) is 1. The lowest BCUT2D eigenvalue weighted by Crippen LogP contribution is -2.27. The van der Waals surface area contributed by atoms with Gasteiger partial charge in [0.1, 0.15) is 4.90 Å². The Labute approximate surface area is 156 Å². The first-order valence-corrected chi connectivity index (χ1v) is 9.89. The van der Waals surface area contributed by atoms with E-state index in [9.17, 15) is 16.8 Å². The van der Waals surface area contributed by atoms with Crippen LogP contribution in [0.1, 0.15) is 7.43 Å². The highest BCUT2D eigenvalue weighted by molar-refractivity contribution is 7.93. The van der Waals surface area contributed by atoms with E-state index >= 15 is 0 Å². The second kappa shape index (κ2) is 7.38. The normalized spacial score (nSPS) is 11.7. The average molecular weight is 427 g/mol. The van der Waals surface area contributed by atoms with Gasteiger partial charge < -0.3 is 5.73 Å². The lowest BCUT2D eigenvalue weighted by atomic mass is 10.3. The zero-order valence-corrected chi connectivity index (χ0v) is 15.3. The van der Waals surface area contributed by atoms with Crippen LogP contribution in [0.3, 0.4) is 0 Å². The highest BCUT2D eigenvalue weighted by atomic mass is 35.5. The summed E-state index contributed by atoms with van der Waals surface area (Å²) in [7, 11) is -7.41. The molecule has 7 nitrogen and oxygen atoms in total. The topological polar surface area (TPSA) is 118 Å². The molecule has 0 radical (unpaired) electrons. The second-order valence-electron chi connectivity index (χ2n) is 4.75. The zero-order valence-electron chi connectivity index (χ0n) is 12.1. The van der Waals surface area contributed by atoms with Crippen molar-refractivity contribution >= 4 is 54.7 Å². The molecule has 0 aliphatic heterocycles. The van der Waals surface area contributed by atoms with Gasteiger partial charge >= 0.3 is 0 Å². The molecule has 2 rings (SSSR count). The summed E-state index contributed by atoms with van der Waals surface area (Å²) in [6, 6.07) is 7.12. The number of nitrogens with zero attached hydrogens (tertiary/aromatic N) is 1. The van der Waals surface area contributed by atoms with Crippen LogP contribution in [-0.2, 0) is 20.1 Å². The van der Waals surface area contributed by atoms with Gasteiger partial charge in [0.05, 0.1) is 26.3 Å². The van der Waals surface area contributed by atoms with Crippen LogP contribution in [0.25, 0.3) is 0 Å². The van der Waals surface area contributed by atoms with Crippen LogP contribution < -0.4 is 10.0 Å². The summed E-state index contributed by atoms with van der Waals surface area (Å²) < 4.78 is 57.7. The Balaban J connectivity index is 0.00000312. The molecule has 2 aromatic rings. The summed E-state index contributed by atoms with van der Waals surface area (Å²) in [4.78, 5) is -0.730. The van der Waals surface area contributed by atoms with Gasteiger partial charge in [0, 0.05) is 7.05 Å². The van der Waals surface area contributed by atoms with Crippen LogP contribution in [0.2, 0.25) is 10.0 Å². The number of halogens is 2. The highest BCUT2D eigenvalue weighted by Gasteiger charge is 2.26. The molecular weight excluding hydrogens is 411 g/mol. The summed E-state index contributed by atoms with van der Waals surface area (Å²) in [5.41, 5.74) is 5.70. The molecule has 0 bridgehead atoms. The molecule has 138 valence electrons. The fourth-order valence-corrected chi connectivity index (χ4v) is 4.34. The standard InChI is InChI=1S/C13H12Cl2N2O5S2.CH4/c1-17(8-3-2-4-9(5-8)24(20,21)22)23(18,19)13-7-10(14)12(16)6-11(13)15;/h2-7H,16H2,1H3,(H,20,21,22);1H4. The molecule has 25 heavy (non-hydrogen) atoms. The van der Waals surface area contributed by atoms with E-state index < -0.39 is 25.0 Å². The summed E-state index contributed by atoms with van der Waals surface area (Å²) in [6.45, 7) is 0. The van der Waals surface area contributed by atoms with Crippen molar-refractivity contribution in [1.29, 1.82) is 0 Å². The van der Waals surface area contributed by atoms with E-state index in [4.69, 9.17) is 33.5 Å². The number of hydrogen-bond acceptors (Lipinski definition) is 5. The first kappa shape index (κ1) is 21.5. The molecule has 0 aliphatic carbocycles. The van der Waals surface area contributed by atoms with Crippen molar-refractivity contribution in [2.75, 3.05) is 17.1 Å². The van der Waals surface area contributed by atoms with Gasteiger partial charge in [-0.2, -0.15) is 8.42 Å². The Morgan fingerprint density at radius 3 is 2.20 bits per heavy atom. The number of benzene rings is 2. The number of sulfonamides is 1. The summed E-state index contributed by atoms with van der Waals surface area (Å²) in [6.07, 6.45) is 0. The molecule has 0 spiro atoms. The van der Waals surface area contributed by atoms with Crippen molar-refractivity contribution in [2.24, 2.45) is 0 Å². The van der Waals surface area contributed by atoms with Crippen molar-refractivity contribution in [2.45, 2.75) is 17.2 Å². The van der Waals surface area contributed by atoms with Crippen molar-refractivity contribution < 1.29 is 21.4 Å². The smallest absolute Gasteiger partial charge is 0.294 e. The summed E-state index contributed by atoms with van der Waals surface area (Å²) >= 11 is 11.8. The quantitative estimate of drug-likeness (QED) is 0.571. The minimum atomic E-state index is -4.47. The van der Waals surface area contributed by atoms with Gasteiger partial charge in [-0.05, 0) is 30.3 Å². The predicted octanol–water partition coefficient (Wildman–Crippen LogP) is 3.28. The lowest BCUT2D eigenvalue weighted by Gasteiger charge is -2.21. The Morgan fingerprint density at radius 2 is 1.64 bits per heavy atom. The zero-order chi connectivity index (χ0) is 18.3. The third-order valence-electron chi connectivity index (χ3n) is 3.17. The van der Waals surface area contributed by atoms with Crippen molar-refractivity contribution in [1.82, 2.24) is 0 Å². The van der Waals surface area contributed by atoms with Crippen LogP contribution in [0, 0.1) is 0 Å². The van der Waals surface area contributed by atoms with E-state index in [1.807, 2.05) is 0 Å². The Bertz CT molecular complexity index is 1010. The first-order chi connectivity index (χ1) is 10.9. The molecule has 0 saturated carbocycles. The van der Waals surface area contributed by atoms with Crippen LogP contribution in [0.5, 0.6) is 0 Å². The van der Waals surface area contributed by atoms with Crippen molar-refractivity contribution in [3.63, 3.8) is 0 Å². The highest BCUT2D eigenvalue weighted by Crippen LogP contribution is 2.33. The van der Waals surface area contributed by atoms with Gasteiger partial charge in [-0.15, -0.1) is 0 Å². The molecule has 11 heteroatoms.